The summed E-state index contributed by atoms with van der Waals surface area (Å²) in [6, 6.07) is -0.316. The highest BCUT2D eigenvalue weighted by Gasteiger charge is 2.50. The summed E-state index contributed by atoms with van der Waals surface area (Å²) >= 11 is 0. The largest absolute Gasteiger partial charge is 0.375 e. The molecule has 10 heteroatoms. The van der Waals surface area contributed by atoms with Gasteiger partial charge in [-0.05, 0) is 25.7 Å². The molecule has 10 nitrogen and oxygen atoms in total. The van der Waals surface area contributed by atoms with E-state index in [1.165, 1.54) is 12.0 Å². The summed E-state index contributed by atoms with van der Waals surface area (Å²) in [4.78, 5) is 45.6. The molecule has 1 aromatic rings. The Morgan fingerprint density at radius 3 is 2.76 bits per heavy atom. The maximum atomic E-state index is 13.0. The van der Waals surface area contributed by atoms with Crippen LogP contribution in [0.3, 0.4) is 0 Å². The molecule has 1 aromatic heterocycles. The smallest absolute Gasteiger partial charge is 0.249 e. The molecule has 2 aliphatic rings. The van der Waals surface area contributed by atoms with Crippen molar-refractivity contribution in [1.82, 2.24) is 30.3 Å². The number of ether oxygens (including phenoxy) is 1. The molecule has 2 aliphatic heterocycles. The van der Waals surface area contributed by atoms with Gasteiger partial charge < -0.3 is 19.9 Å². The van der Waals surface area contributed by atoms with Gasteiger partial charge in [-0.1, -0.05) is 13.8 Å². The lowest BCUT2D eigenvalue weighted by molar-refractivity contribution is -0.151. The normalized spacial score (nSPS) is 24.2. The third-order valence-corrected chi connectivity index (χ3v) is 5.52. The van der Waals surface area contributed by atoms with Crippen LogP contribution in [0.25, 0.3) is 0 Å². The molecule has 3 atom stereocenters. The summed E-state index contributed by atoms with van der Waals surface area (Å²) in [5, 5.41) is 9.71. The van der Waals surface area contributed by atoms with Crippen LogP contribution in [0.2, 0.25) is 0 Å². The highest BCUT2D eigenvalue weighted by atomic mass is 16.5. The molecule has 160 valence electrons. The summed E-state index contributed by atoms with van der Waals surface area (Å²) in [5.74, 6) is 0.838. The highest BCUT2D eigenvalue weighted by molar-refractivity contribution is 5.89. The fourth-order valence-electron chi connectivity index (χ4n) is 4.36. The Kier molecular flexibility index (Phi) is 6.51. The Labute approximate surface area is 170 Å². The minimum Gasteiger partial charge on any atom is -0.375 e. The third kappa shape index (κ3) is 4.75. The first-order chi connectivity index (χ1) is 13.8. The molecule has 0 bridgehead atoms. The van der Waals surface area contributed by atoms with Crippen molar-refractivity contribution >= 4 is 17.7 Å². The van der Waals surface area contributed by atoms with Gasteiger partial charge in [-0.25, -0.2) is 4.98 Å². The number of piperazine rings is 1. The maximum absolute atomic E-state index is 13.0. The van der Waals surface area contributed by atoms with E-state index in [1.54, 1.807) is 6.92 Å². The molecule has 2 N–H and O–H groups in total. The van der Waals surface area contributed by atoms with Crippen molar-refractivity contribution in [2.75, 3.05) is 26.8 Å². The van der Waals surface area contributed by atoms with E-state index in [0.717, 1.165) is 6.42 Å². The van der Waals surface area contributed by atoms with E-state index in [9.17, 15) is 14.4 Å². The Morgan fingerprint density at radius 1 is 1.38 bits per heavy atom. The molecule has 0 radical (unpaired) electrons. The number of carbonyl (C=O) groups is 3. The molecule has 29 heavy (non-hydrogen) atoms. The van der Waals surface area contributed by atoms with E-state index < -0.39 is 0 Å². The van der Waals surface area contributed by atoms with Gasteiger partial charge in [0.1, 0.15) is 12.4 Å². The van der Waals surface area contributed by atoms with Gasteiger partial charge in [0.2, 0.25) is 17.7 Å². The molecule has 3 heterocycles. The number of rotatable bonds is 7. The topological polar surface area (TPSA) is 121 Å². The Hall–Kier alpha value is -2.49. The van der Waals surface area contributed by atoms with Crippen LogP contribution < -0.4 is 5.32 Å². The molecule has 0 spiro atoms. The molecular formula is C19H30N6O4. The van der Waals surface area contributed by atoms with Crippen LogP contribution in [0, 0.1) is 18.8 Å². The summed E-state index contributed by atoms with van der Waals surface area (Å²) < 4.78 is 4.92. The number of nitrogens with zero attached hydrogens (tertiary/aromatic N) is 4. The van der Waals surface area contributed by atoms with E-state index in [0.29, 0.717) is 30.5 Å². The van der Waals surface area contributed by atoms with E-state index in [2.05, 4.69) is 34.3 Å². The van der Waals surface area contributed by atoms with Gasteiger partial charge in [0, 0.05) is 19.7 Å². The lowest BCUT2D eigenvalue weighted by Crippen LogP contribution is -2.58. The standard InChI is InChI=1S/C19H30N6O4/c1-11(2)5-15-14(19(28)20-7-16-21-12(3)22-23-16)6-13-8-24(18(27)10-29-4)9-17(26)25(13)15/h11,13-15H,5-10H2,1-4H3,(H,20,28)(H,21,22,23)/t13-,14-,15-/m1/s1. The second-order valence-electron chi connectivity index (χ2n) is 8.26. The van der Waals surface area contributed by atoms with Crippen molar-refractivity contribution in [1.29, 1.82) is 0 Å². The number of H-pyrrole nitrogens is 1. The van der Waals surface area contributed by atoms with Crippen LogP contribution in [-0.2, 0) is 25.7 Å². The lowest BCUT2D eigenvalue weighted by Gasteiger charge is -2.40. The highest BCUT2D eigenvalue weighted by Crippen LogP contribution is 2.36. The second-order valence-corrected chi connectivity index (χ2v) is 8.26. The van der Waals surface area contributed by atoms with Gasteiger partial charge in [0.05, 0.1) is 25.0 Å². The summed E-state index contributed by atoms with van der Waals surface area (Å²) in [6.45, 7) is 6.64. The molecule has 0 aliphatic carbocycles. The average Bonchev–Trinajstić information content (AvgIpc) is 3.23. The number of hydrogen-bond acceptors (Lipinski definition) is 6. The van der Waals surface area contributed by atoms with Crippen molar-refractivity contribution in [2.24, 2.45) is 11.8 Å². The molecule has 3 amide bonds. The van der Waals surface area contributed by atoms with Gasteiger partial charge in [0.15, 0.2) is 5.82 Å². The van der Waals surface area contributed by atoms with Gasteiger partial charge in [-0.2, -0.15) is 5.10 Å². The van der Waals surface area contributed by atoms with Gasteiger partial charge >= 0.3 is 0 Å². The maximum Gasteiger partial charge on any atom is 0.249 e. The molecule has 2 saturated heterocycles. The number of aromatic nitrogens is 3. The molecule has 2 fully saturated rings. The van der Waals surface area contributed by atoms with Crippen LogP contribution in [0.15, 0.2) is 0 Å². The number of carbonyl (C=O) groups excluding carboxylic acids is 3. The van der Waals surface area contributed by atoms with Gasteiger partial charge in [0.25, 0.3) is 0 Å². The predicted molar refractivity (Wildman–Crippen MR) is 103 cm³/mol. The zero-order chi connectivity index (χ0) is 21.1. The number of nitrogens with one attached hydrogen (secondary N) is 2. The number of aryl methyl sites for hydroxylation is 1. The van der Waals surface area contributed by atoms with E-state index in [4.69, 9.17) is 4.74 Å². The zero-order valence-corrected chi connectivity index (χ0v) is 17.5. The predicted octanol–water partition coefficient (Wildman–Crippen LogP) is -0.150. The Bertz CT molecular complexity index is 764. The minimum absolute atomic E-state index is 0.0398. The van der Waals surface area contributed by atoms with E-state index >= 15 is 0 Å². The van der Waals surface area contributed by atoms with Crippen LogP contribution in [0.1, 0.15) is 38.3 Å². The molecule has 0 aromatic carbocycles. The van der Waals surface area contributed by atoms with Gasteiger partial charge in [-0.15, -0.1) is 0 Å². The van der Waals surface area contributed by atoms with Crippen LogP contribution in [0.4, 0.5) is 0 Å². The van der Waals surface area contributed by atoms with Crippen LogP contribution >= 0.6 is 0 Å². The number of hydrogen-bond donors (Lipinski definition) is 2. The third-order valence-electron chi connectivity index (χ3n) is 5.52. The summed E-state index contributed by atoms with van der Waals surface area (Å²) in [7, 11) is 1.46. The fourth-order valence-corrected chi connectivity index (χ4v) is 4.36. The number of aromatic amines is 1. The summed E-state index contributed by atoms with van der Waals surface area (Å²) in [5.41, 5.74) is 0. The molecule has 3 rings (SSSR count). The minimum atomic E-state index is -0.316. The molecule has 0 saturated carbocycles. The van der Waals surface area contributed by atoms with Gasteiger partial charge in [-0.3, -0.25) is 19.5 Å². The lowest BCUT2D eigenvalue weighted by atomic mass is 9.91. The van der Waals surface area contributed by atoms with Crippen molar-refractivity contribution in [3.8, 4) is 0 Å². The van der Waals surface area contributed by atoms with E-state index in [-0.39, 0.29) is 55.4 Å². The SMILES string of the molecule is COCC(=O)N1CC(=O)N2[C@H](C[C@@H](C(=O)NCc3n[nH]c(C)n3)[C@H]2CC(C)C)C1. The Balaban J connectivity index is 1.72. The number of amides is 3. The van der Waals surface area contributed by atoms with Crippen molar-refractivity contribution < 1.29 is 19.1 Å². The Morgan fingerprint density at radius 2 is 2.14 bits per heavy atom. The van der Waals surface area contributed by atoms with E-state index in [1.807, 2.05) is 4.90 Å². The number of methoxy groups -OCH3 is 1. The summed E-state index contributed by atoms with van der Waals surface area (Å²) in [6.07, 6.45) is 1.28. The zero-order valence-electron chi connectivity index (χ0n) is 17.5. The average molecular weight is 406 g/mol. The van der Waals surface area contributed by atoms with Crippen molar-refractivity contribution in [2.45, 2.75) is 52.2 Å². The quantitative estimate of drug-likeness (QED) is 0.650. The van der Waals surface area contributed by atoms with Crippen LogP contribution in [-0.4, -0.2) is 81.6 Å². The molecule has 0 unspecified atom stereocenters. The monoisotopic (exact) mass is 406 g/mol. The first-order valence-corrected chi connectivity index (χ1v) is 10.0. The molecular weight excluding hydrogens is 376 g/mol. The van der Waals surface area contributed by atoms with Crippen molar-refractivity contribution in [3.63, 3.8) is 0 Å². The first-order valence-electron chi connectivity index (χ1n) is 10.0. The first kappa shape index (κ1) is 21.2. The fraction of sp³-hybridized carbons (Fsp3) is 0.737. The van der Waals surface area contributed by atoms with Crippen molar-refractivity contribution in [3.05, 3.63) is 11.6 Å². The second kappa shape index (κ2) is 8.89. The van der Waals surface area contributed by atoms with Crippen LogP contribution in [0.5, 0.6) is 0 Å². The number of fused-ring (bicyclic) bond motifs is 1.